The summed E-state index contributed by atoms with van der Waals surface area (Å²) in [5, 5.41) is 0. The largest absolute Gasteiger partial charge is 0.480 e. The first-order valence-electron chi connectivity index (χ1n) is 6.80. The van der Waals surface area contributed by atoms with Crippen molar-refractivity contribution in [2.45, 2.75) is 25.4 Å². The Hall–Kier alpha value is -1.76. The van der Waals surface area contributed by atoms with Crippen LogP contribution in [0.4, 0.5) is 8.78 Å². The summed E-state index contributed by atoms with van der Waals surface area (Å²) in [6.07, 6.45) is 0.0561. The number of rotatable bonds is 5. The van der Waals surface area contributed by atoms with Crippen molar-refractivity contribution in [2.24, 2.45) is 0 Å². The molecule has 0 radical (unpaired) electrons. The highest BCUT2D eigenvalue weighted by Gasteiger charge is 2.25. The minimum absolute atomic E-state index is 0.220. The topological polar surface area (TPSA) is 51.7 Å². The SMILES string of the molecule is COc1ncccc1C(=O)OC1CCN(CC(F)F)CC1. The third kappa shape index (κ3) is 4.35. The van der Waals surface area contributed by atoms with Gasteiger partial charge >= 0.3 is 5.97 Å². The second kappa shape index (κ2) is 7.31. The van der Waals surface area contributed by atoms with Crippen molar-refractivity contribution in [2.75, 3.05) is 26.7 Å². The molecule has 1 aliphatic heterocycles. The first-order valence-corrected chi connectivity index (χ1v) is 6.80. The van der Waals surface area contributed by atoms with Crippen molar-refractivity contribution >= 4 is 5.97 Å². The van der Waals surface area contributed by atoms with Crippen molar-refractivity contribution in [3.63, 3.8) is 0 Å². The van der Waals surface area contributed by atoms with Crippen LogP contribution in [0, 0.1) is 0 Å². The highest BCUT2D eigenvalue weighted by molar-refractivity contribution is 5.91. The molecule has 0 amide bonds. The number of piperidine rings is 1. The van der Waals surface area contributed by atoms with Crippen LogP contribution in [0.3, 0.4) is 0 Å². The van der Waals surface area contributed by atoms with E-state index in [0.29, 0.717) is 25.9 Å². The van der Waals surface area contributed by atoms with Gasteiger partial charge in [-0.15, -0.1) is 0 Å². The van der Waals surface area contributed by atoms with Gasteiger partial charge in [0, 0.05) is 19.3 Å². The van der Waals surface area contributed by atoms with E-state index in [-0.39, 0.29) is 24.1 Å². The maximum Gasteiger partial charge on any atom is 0.343 e. The fourth-order valence-corrected chi connectivity index (χ4v) is 2.33. The van der Waals surface area contributed by atoms with Gasteiger partial charge in [0.25, 0.3) is 6.43 Å². The van der Waals surface area contributed by atoms with Crippen LogP contribution >= 0.6 is 0 Å². The Morgan fingerprint density at radius 1 is 1.48 bits per heavy atom. The maximum atomic E-state index is 12.3. The Morgan fingerprint density at radius 3 is 2.81 bits per heavy atom. The minimum Gasteiger partial charge on any atom is -0.480 e. The first-order chi connectivity index (χ1) is 10.1. The summed E-state index contributed by atoms with van der Waals surface area (Å²) in [6.45, 7) is 0.788. The van der Waals surface area contributed by atoms with Gasteiger partial charge in [-0.05, 0) is 25.0 Å². The Morgan fingerprint density at radius 2 is 2.19 bits per heavy atom. The first kappa shape index (κ1) is 15.6. The van der Waals surface area contributed by atoms with E-state index in [9.17, 15) is 13.6 Å². The van der Waals surface area contributed by atoms with E-state index in [4.69, 9.17) is 9.47 Å². The Kier molecular flexibility index (Phi) is 5.44. The van der Waals surface area contributed by atoms with E-state index in [1.165, 1.54) is 13.3 Å². The molecule has 21 heavy (non-hydrogen) atoms. The summed E-state index contributed by atoms with van der Waals surface area (Å²) < 4.78 is 35.0. The van der Waals surface area contributed by atoms with Gasteiger partial charge in [-0.25, -0.2) is 18.6 Å². The summed E-state index contributed by atoms with van der Waals surface area (Å²) in [4.78, 5) is 17.7. The number of methoxy groups -OCH3 is 1. The maximum absolute atomic E-state index is 12.3. The number of carbonyl (C=O) groups is 1. The molecular weight excluding hydrogens is 282 g/mol. The molecule has 2 rings (SSSR count). The van der Waals surface area contributed by atoms with Gasteiger partial charge in [0.2, 0.25) is 5.88 Å². The number of carbonyl (C=O) groups excluding carboxylic acids is 1. The number of aromatic nitrogens is 1. The van der Waals surface area contributed by atoms with Gasteiger partial charge in [-0.2, -0.15) is 0 Å². The molecule has 0 saturated carbocycles. The van der Waals surface area contributed by atoms with Gasteiger partial charge in [-0.3, -0.25) is 4.90 Å². The van der Waals surface area contributed by atoms with E-state index >= 15 is 0 Å². The lowest BCUT2D eigenvalue weighted by molar-refractivity contribution is 0.00197. The molecular formula is C14H18F2N2O3. The number of alkyl halides is 2. The summed E-state index contributed by atoms with van der Waals surface area (Å²) >= 11 is 0. The summed E-state index contributed by atoms with van der Waals surface area (Å²) in [7, 11) is 1.43. The molecule has 1 aromatic rings. The molecule has 0 aliphatic carbocycles. The molecule has 0 aromatic carbocycles. The zero-order valence-corrected chi connectivity index (χ0v) is 11.8. The quantitative estimate of drug-likeness (QED) is 0.778. The molecule has 0 atom stereocenters. The molecule has 1 aliphatic rings. The van der Waals surface area contributed by atoms with E-state index < -0.39 is 12.4 Å². The number of ether oxygens (including phenoxy) is 2. The molecule has 0 spiro atoms. The molecule has 1 aromatic heterocycles. The summed E-state index contributed by atoms with van der Waals surface area (Å²) in [5.74, 6) is -0.273. The van der Waals surface area contributed by atoms with Crippen molar-refractivity contribution < 1.29 is 23.0 Å². The number of likely N-dealkylation sites (tertiary alicyclic amines) is 1. The van der Waals surface area contributed by atoms with Gasteiger partial charge < -0.3 is 9.47 Å². The highest BCUT2D eigenvalue weighted by Crippen LogP contribution is 2.20. The number of halogens is 2. The predicted octanol–water partition coefficient (Wildman–Crippen LogP) is 1.98. The average Bonchev–Trinajstić information content (AvgIpc) is 2.48. The predicted molar refractivity (Wildman–Crippen MR) is 71.7 cm³/mol. The van der Waals surface area contributed by atoms with Gasteiger partial charge in [0.1, 0.15) is 11.7 Å². The van der Waals surface area contributed by atoms with Crippen molar-refractivity contribution in [3.8, 4) is 5.88 Å². The second-order valence-electron chi connectivity index (χ2n) is 4.86. The standard InChI is InChI=1S/C14H18F2N2O3/c1-20-13-11(3-2-6-17-13)14(19)21-10-4-7-18(8-5-10)9-12(15)16/h2-3,6,10,12H,4-5,7-9H2,1H3. The minimum atomic E-state index is -2.33. The molecule has 1 saturated heterocycles. The number of pyridine rings is 1. The lowest BCUT2D eigenvalue weighted by atomic mass is 10.1. The number of esters is 1. The molecule has 0 N–H and O–H groups in total. The fraction of sp³-hybridized carbons (Fsp3) is 0.571. The smallest absolute Gasteiger partial charge is 0.343 e. The zero-order valence-electron chi connectivity index (χ0n) is 11.8. The van der Waals surface area contributed by atoms with Crippen LogP contribution in [-0.4, -0.2) is 55.1 Å². The van der Waals surface area contributed by atoms with Crippen LogP contribution in [0.15, 0.2) is 18.3 Å². The normalized spacial score (nSPS) is 17.0. The highest BCUT2D eigenvalue weighted by atomic mass is 19.3. The summed E-state index contributed by atoms with van der Waals surface area (Å²) in [5.41, 5.74) is 0.273. The third-order valence-corrected chi connectivity index (χ3v) is 3.39. The van der Waals surface area contributed by atoms with Crippen LogP contribution < -0.4 is 4.74 Å². The lowest BCUT2D eigenvalue weighted by Gasteiger charge is -2.31. The fourth-order valence-electron chi connectivity index (χ4n) is 2.33. The van der Waals surface area contributed by atoms with Gasteiger partial charge in [0.15, 0.2) is 0 Å². The molecule has 5 nitrogen and oxygen atoms in total. The molecule has 116 valence electrons. The molecule has 0 bridgehead atoms. The van der Waals surface area contributed by atoms with Crippen LogP contribution in [0.2, 0.25) is 0 Å². The molecule has 0 unspecified atom stereocenters. The van der Waals surface area contributed by atoms with Crippen molar-refractivity contribution in [1.82, 2.24) is 9.88 Å². The average molecular weight is 300 g/mol. The zero-order chi connectivity index (χ0) is 15.2. The van der Waals surface area contributed by atoms with Crippen LogP contribution in [0.1, 0.15) is 23.2 Å². The molecule has 2 heterocycles. The molecule has 7 heteroatoms. The third-order valence-electron chi connectivity index (χ3n) is 3.39. The molecule has 1 fully saturated rings. The Balaban J connectivity index is 1.87. The number of hydrogen-bond donors (Lipinski definition) is 0. The van der Waals surface area contributed by atoms with Crippen molar-refractivity contribution in [3.05, 3.63) is 23.9 Å². The van der Waals surface area contributed by atoms with Gasteiger partial charge in [0.05, 0.1) is 13.7 Å². The Labute approximate surface area is 121 Å². The Bertz CT molecular complexity index is 477. The lowest BCUT2D eigenvalue weighted by Crippen LogP contribution is -2.40. The number of hydrogen-bond acceptors (Lipinski definition) is 5. The van der Waals surface area contributed by atoms with Crippen LogP contribution in [0.5, 0.6) is 5.88 Å². The van der Waals surface area contributed by atoms with Crippen LogP contribution in [0.25, 0.3) is 0 Å². The van der Waals surface area contributed by atoms with E-state index in [1.54, 1.807) is 17.0 Å². The number of nitrogens with zero attached hydrogens (tertiary/aromatic N) is 2. The van der Waals surface area contributed by atoms with Gasteiger partial charge in [-0.1, -0.05) is 0 Å². The van der Waals surface area contributed by atoms with E-state index in [0.717, 1.165) is 0 Å². The van der Waals surface area contributed by atoms with E-state index in [2.05, 4.69) is 4.98 Å². The monoisotopic (exact) mass is 300 g/mol. The van der Waals surface area contributed by atoms with Crippen LogP contribution in [-0.2, 0) is 4.74 Å². The summed E-state index contributed by atoms with van der Waals surface area (Å²) in [6, 6.07) is 3.21. The van der Waals surface area contributed by atoms with Crippen molar-refractivity contribution in [1.29, 1.82) is 0 Å². The second-order valence-corrected chi connectivity index (χ2v) is 4.86. The van der Waals surface area contributed by atoms with E-state index in [1.807, 2.05) is 0 Å².